The number of benzene rings is 6. The van der Waals surface area contributed by atoms with Crippen LogP contribution in [-0.2, 0) is 13.6 Å². The lowest BCUT2D eigenvalue weighted by molar-refractivity contribution is -0.670. The molecule has 119 heavy (non-hydrogen) atoms. The molecule has 15 rings (SSSR count). The van der Waals surface area contributed by atoms with Gasteiger partial charge in [-0.05, 0) is 177 Å². The smallest absolute Gasteiger partial charge is 0.299 e. The van der Waals surface area contributed by atoms with Crippen molar-refractivity contribution in [3.05, 3.63) is 330 Å². The molecule has 3 aliphatic rings. The molecule has 0 radical (unpaired) electrons. The second-order valence-corrected chi connectivity index (χ2v) is 29.7. The van der Waals surface area contributed by atoms with Crippen molar-refractivity contribution in [2.24, 2.45) is 42.0 Å². The number of nitrogens with two attached hydrogens (primary N) is 3. The normalized spacial score (nSPS) is 13.3. The van der Waals surface area contributed by atoms with E-state index in [0.717, 1.165) is 85.5 Å². The Kier molecular flexibility index (Phi) is 30.7. The van der Waals surface area contributed by atoms with Crippen molar-refractivity contribution in [3.63, 3.8) is 0 Å². The van der Waals surface area contributed by atoms with Crippen molar-refractivity contribution >= 4 is 57.8 Å². The fourth-order valence-electron chi connectivity index (χ4n) is 13.3. The fourth-order valence-corrected chi connectivity index (χ4v) is 13.5. The van der Waals surface area contributed by atoms with Gasteiger partial charge in [0.2, 0.25) is 12.0 Å². The topological polar surface area (TPSA) is 346 Å². The summed E-state index contributed by atoms with van der Waals surface area (Å²) < 4.78 is 53.9. The molecule has 11 N–H and O–H groups in total. The number of alkyl halides is 1. The highest BCUT2D eigenvalue weighted by Crippen LogP contribution is 2.41. The zero-order chi connectivity index (χ0) is 84.5. The monoisotopic (exact) mass is 1630 g/mol. The van der Waals surface area contributed by atoms with Crippen molar-refractivity contribution in [2.75, 3.05) is 42.1 Å². The maximum atomic E-state index is 14.9. The number of rotatable bonds is 28. The van der Waals surface area contributed by atoms with E-state index < -0.39 is 35.2 Å². The zero-order valence-electron chi connectivity index (χ0n) is 66.1. The summed E-state index contributed by atoms with van der Waals surface area (Å²) in [5.41, 5.74) is 23.7. The van der Waals surface area contributed by atoms with E-state index in [1.165, 1.54) is 97.1 Å². The van der Waals surface area contributed by atoms with Gasteiger partial charge in [0.15, 0.2) is 11.4 Å². The maximum Gasteiger partial charge on any atom is 0.299 e. The molecule has 0 spiro atoms. The first-order valence-corrected chi connectivity index (χ1v) is 39.6. The van der Waals surface area contributed by atoms with Gasteiger partial charge in [-0.25, -0.2) is 36.8 Å². The molecule has 3 unspecified atom stereocenters. The number of amides is 3. The van der Waals surface area contributed by atoms with Crippen LogP contribution < -0.4 is 59.7 Å². The number of carbonyl (C=O) groups excluding carboxylic acids is 3. The van der Waals surface area contributed by atoms with Gasteiger partial charge in [0.25, 0.3) is 34.4 Å². The highest BCUT2D eigenvalue weighted by Gasteiger charge is 2.30. The van der Waals surface area contributed by atoms with Gasteiger partial charge in [-0.2, -0.15) is 14.8 Å². The van der Waals surface area contributed by atoms with Crippen LogP contribution >= 0.6 is 11.6 Å². The molecule has 12 aromatic rings. The van der Waals surface area contributed by atoms with E-state index in [1.807, 2.05) is 31.3 Å². The molecule has 3 aliphatic carbocycles. The van der Waals surface area contributed by atoms with Crippen LogP contribution in [-0.4, -0.2) is 97.1 Å². The second kappa shape index (κ2) is 42.2. The average Bonchev–Trinajstić information content (AvgIpc) is 1.69. The third kappa shape index (κ3) is 24.7. The lowest BCUT2D eigenvalue weighted by atomic mass is 9.99. The first-order chi connectivity index (χ1) is 57.6. The molecule has 31 heteroatoms. The van der Waals surface area contributed by atoms with Gasteiger partial charge < -0.3 is 52.6 Å². The third-order valence-electron chi connectivity index (χ3n) is 19.9. The van der Waals surface area contributed by atoms with Crippen LogP contribution in [0.4, 0.5) is 41.6 Å². The molecule has 614 valence electrons. The molecule has 0 aliphatic heterocycles. The first kappa shape index (κ1) is 86.8. The van der Waals surface area contributed by atoms with Crippen molar-refractivity contribution in [2.45, 2.75) is 115 Å². The molecule has 6 aromatic heterocycles. The molecule has 0 saturated heterocycles. The first-order valence-electron chi connectivity index (χ1n) is 39.2. The molecular formula is C88H94ClF3N21O6+. The second-order valence-electron chi connectivity index (χ2n) is 29.2. The van der Waals surface area contributed by atoms with Crippen molar-refractivity contribution in [1.82, 2.24) is 58.5 Å². The highest BCUT2D eigenvalue weighted by molar-refractivity contribution is 6.20. The predicted octanol–water partition coefficient (Wildman–Crippen LogP) is 13.8. The number of carbonyl (C=O) groups is 3. The van der Waals surface area contributed by atoms with E-state index in [2.05, 4.69) is 61.1 Å². The Morgan fingerprint density at radius 3 is 1.41 bits per heavy atom. The van der Waals surface area contributed by atoms with Gasteiger partial charge >= 0.3 is 0 Å². The zero-order valence-corrected chi connectivity index (χ0v) is 66.9. The van der Waals surface area contributed by atoms with Gasteiger partial charge in [-0.1, -0.05) is 93.1 Å². The van der Waals surface area contributed by atoms with Crippen LogP contribution in [0.3, 0.4) is 0 Å². The van der Waals surface area contributed by atoms with Crippen LogP contribution in [0.25, 0.3) is 26.8 Å². The summed E-state index contributed by atoms with van der Waals surface area (Å²) in [6.45, 7) is 21.5. The number of aryl methyl sites for hydroxylation is 3. The number of hydrogen-bond donors (Lipinski definition) is 8. The van der Waals surface area contributed by atoms with E-state index in [9.17, 15) is 41.9 Å². The summed E-state index contributed by atoms with van der Waals surface area (Å²) in [6.07, 6.45) is 29.3. The predicted molar refractivity (Wildman–Crippen MR) is 451 cm³/mol. The maximum absolute atomic E-state index is 14.9. The summed E-state index contributed by atoms with van der Waals surface area (Å²) in [5.74, 6) is -1.05. The average molecular weight is 1630 g/mol. The minimum absolute atomic E-state index is 0.0151. The number of imidazole rings is 1. The van der Waals surface area contributed by atoms with Crippen LogP contribution in [0, 0.1) is 62.2 Å². The molecule has 3 amide bonds. The summed E-state index contributed by atoms with van der Waals surface area (Å²) in [7, 11) is 1.82. The molecule has 6 heterocycles. The lowest BCUT2D eigenvalue weighted by Gasteiger charge is -2.21. The SMILES string of the molecule is C[n+]1cc(C(=O)Nc2cc(C(CCC3CC3)n3ccncc3=O)ccc2F)n(-c2cccc(CN)c2)c1.NCCNCCN.O=c1cncc[nH]1.[C-]#[N+]c1cccc(-n2nc(C)cc2C(=O)Nc2cc(C(CCC3CC3)n3ccncc3=O)ccc2F)c1.[C-]#[N+]c1cccc(-n2nc(C)cc2C(=O)Nc2cc(C(Cl)CCC3CC3)ccc2F)c1. The van der Waals surface area contributed by atoms with Crippen molar-refractivity contribution < 1.29 is 32.1 Å². The minimum Gasteiger partial charge on any atom is -0.329 e. The van der Waals surface area contributed by atoms with Crippen LogP contribution in [0.1, 0.15) is 160 Å². The summed E-state index contributed by atoms with van der Waals surface area (Å²) in [4.78, 5) is 95.6. The Balaban J connectivity index is 0.000000162. The van der Waals surface area contributed by atoms with E-state index in [1.54, 1.807) is 166 Å². The number of anilines is 3. The van der Waals surface area contributed by atoms with E-state index in [0.29, 0.717) is 71.3 Å². The number of hydrogen-bond acceptors (Lipinski definition) is 15. The van der Waals surface area contributed by atoms with Gasteiger partial charge in [-0.15, -0.1) is 11.6 Å². The fraction of sp³-hybridized carbons (Fsp3) is 0.295. The standard InChI is InChI=1S/C28H25FN6O2.C28H29FN6O2.C24H22ClFN4O.C4H13N3.C4H4N2O/c1-18-14-26(35(33-18)22-5-3-4-21(16-22)30-2)28(37)32-24-15-20(9-10-23(24)29)25(11-8-19-6-7-19)34-13-12-31-17-27(34)36;1-33-17-26(35(18-33)22-4-2-3-20(13-22)15-30)28(37)32-24-14-21(8-9-23(24)29)25(10-7-19-5-6-19)34-12-11-31-16-27(34)36;1-15-12-23(30(29-15)19-5-3-4-18(14-19)27-2)24(31)28-22-13-17(9-11-21(22)26)20(25)10-8-16-6-7-16;5-1-3-7-4-2-6;7-4-3-5-1-2-6-4/h3-5,9-10,12-17,19,25H,6-8,11H2,1H3,(H,32,37);2-4,8-9,11-14,16-19,25H,5-7,10,15,30H2,1H3;3-5,9,11-14,16,20H,6-8,10H2,1H3,(H,28,31);7H,1-6H2;1-3H,(H,6,7)/p+1. The summed E-state index contributed by atoms with van der Waals surface area (Å²) in [6, 6.07) is 37.6. The Labute approximate surface area is 690 Å². The summed E-state index contributed by atoms with van der Waals surface area (Å²) in [5, 5.41) is 19.7. The van der Waals surface area contributed by atoms with Crippen molar-refractivity contribution in [3.8, 4) is 17.1 Å². The molecular weight excluding hydrogens is 1540 g/mol. The number of aromatic amines is 1. The van der Waals surface area contributed by atoms with Gasteiger partial charge in [0, 0.05) is 69.9 Å². The van der Waals surface area contributed by atoms with Crippen LogP contribution in [0.2, 0.25) is 0 Å². The number of aromatic nitrogens is 12. The lowest BCUT2D eigenvalue weighted by Crippen LogP contribution is -2.27. The molecule has 3 saturated carbocycles. The van der Waals surface area contributed by atoms with Gasteiger partial charge in [0.05, 0.1) is 96.1 Å². The number of H-pyrrole nitrogens is 1. The molecule has 6 aromatic carbocycles. The van der Waals surface area contributed by atoms with Crippen LogP contribution in [0.15, 0.2) is 222 Å². The molecule has 27 nitrogen and oxygen atoms in total. The Morgan fingerprint density at radius 1 is 0.555 bits per heavy atom. The van der Waals surface area contributed by atoms with E-state index in [-0.39, 0.29) is 62.6 Å². The third-order valence-corrected chi connectivity index (χ3v) is 20.4. The number of halogens is 4. The number of nitrogens with zero attached hydrogens (tertiary/aromatic N) is 13. The summed E-state index contributed by atoms with van der Waals surface area (Å²) >= 11 is 6.52. The molecule has 3 atom stereocenters. The van der Waals surface area contributed by atoms with E-state index >= 15 is 0 Å². The number of nitrogens with one attached hydrogen (secondary N) is 5. The molecule has 3 fully saturated rings. The highest BCUT2D eigenvalue weighted by atomic mass is 35.5. The van der Waals surface area contributed by atoms with Crippen LogP contribution in [0.5, 0.6) is 0 Å². The van der Waals surface area contributed by atoms with Crippen molar-refractivity contribution in [1.29, 1.82) is 0 Å². The Bertz CT molecular complexity index is 5750. The van der Waals surface area contributed by atoms with Gasteiger partial charge in [0.1, 0.15) is 40.7 Å². The Hall–Kier alpha value is -13.1. The minimum atomic E-state index is -0.585. The molecule has 0 bridgehead atoms. The Morgan fingerprint density at radius 2 is 0.992 bits per heavy atom. The largest absolute Gasteiger partial charge is 0.329 e. The van der Waals surface area contributed by atoms with E-state index in [4.69, 9.17) is 41.9 Å². The quantitative estimate of drug-likeness (QED) is 0.00978. The van der Waals surface area contributed by atoms with Gasteiger partial charge in [-0.3, -0.25) is 43.7 Å².